The van der Waals surface area contributed by atoms with Gasteiger partial charge in [-0.25, -0.2) is 4.39 Å². The van der Waals surface area contributed by atoms with Crippen molar-refractivity contribution in [2.45, 2.75) is 44.1 Å². The van der Waals surface area contributed by atoms with Crippen molar-refractivity contribution >= 4 is 24.8 Å². The second-order valence-corrected chi connectivity index (χ2v) is 13.0. The van der Waals surface area contributed by atoms with Gasteiger partial charge in [0.15, 0.2) is 0 Å². The summed E-state index contributed by atoms with van der Waals surface area (Å²) < 4.78 is 46.3. The molecule has 18 heteroatoms. The summed E-state index contributed by atoms with van der Waals surface area (Å²) in [6.45, 7) is 8.54. The maximum absolute atomic E-state index is 12.9. The second-order valence-electron chi connectivity index (χ2n) is 13.0. The van der Waals surface area contributed by atoms with E-state index in [1.165, 1.54) is 38.5 Å². The Bertz CT molecular complexity index is 1050. The molecular weight excluding hydrogens is 673 g/mol. The van der Waals surface area contributed by atoms with Gasteiger partial charge in [0, 0.05) is 44.8 Å². The standard InChI is InChI=1S/C31H54FN7O6.2CH2O2/c32-1-3-38-4-6-39(7-5-38)29-34-28(37-31-22-25-19-26(23-31)21-27(20-25)24-31)35-30(36-29)45-18-17-44-16-15-43-14-13-42-12-11-41-10-9-40-8-2-33;2*2-1-3/h25-27H,1-24,33H2,(H,34,35,36,37);2*1H,(H,2,3). The molecule has 6 rings (SSSR count). The van der Waals surface area contributed by atoms with E-state index in [1.807, 2.05) is 0 Å². The Labute approximate surface area is 299 Å². The number of nitrogens with two attached hydrogens (primary N) is 1. The summed E-state index contributed by atoms with van der Waals surface area (Å²) in [7, 11) is 0. The van der Waals surface area contributed by atoms with Crippen LogP contribution in [0, 0.1) is 17.8 Å². The maximum Gasteiger partial charge on any atom is 0.323 e. The number of carboxylic acid groups (broad SMARTS) is 2. The van der Waals surface area contributed by atoms with Gasteiger partial charge < -0.3 is 54.6 Å². The minimum Gasteiger partial charge on any atom is -0.483 e. The predicted octanol–water partition coefficient (Wildman–Crippen LogP) is 1.17. The highest BCUT2D eigenvalue weighted by molar-refractivity contribution is 5.41. The fraction of sp³-hybridized carbons (Fsp3) is 0.848. The van der Waals surface area contributed by atoms with Crippen LogP contribution in [0.25, 0.3) is 0 Å². The van der Waals surface area contributed by atoms with Crippen LogP contribution in [0.5, 0.6) is 6.01 Å². The fourth-order valence-corrected chi connectivity index (χ4v) is 7.66. The van der Waals surface area contributed by atoms with Crippen LogP contribution in [0.3, 0.4) is 0 Å². The number of nitrogens with one attached hydrogen (secondary N) is 1. The van der Waals surface area contributed by atoms with Crippen molar-refractivity contribution in [2.75, 3.05) is 129 Å². The lowest BCUT2D eigenvalue weighted by Gasteiger charge is -2.56. The number of anilines is 2. The third-order valence-corrected chi connectivity index (χ3v) is 9.28. The molecule has 1 saturated heterocycles. The Hall–Kier alpha value is -3.00. The van der Waals surface area contributed by atoms with Crippen molar-refractivity contribution in [3.8, 4) is 6.01 Å². The molecule has 2 heterocycles. The average molecular weight is 732 g/mol. The SMILES string of the molecule is NCCOCCOCCOCCOCCOCCOc1nc(NC23CC4CC(CC(C4)C2)C3)nc(N2CCN(CCF)CC2)n1.O=CO.O=CO. The smallest absolute Gasteiger partial charge is 0.323 e. The molecule has 51 heavy (non-hydrogen) atoms. The molecule has 5 N–H and O–H groups in total. The molecule has 1 aromatic heterocycles. The molecule has 4 bridgehead atoms. The Morgan fingerprint density at radius 2 is 1.18 bits per heavy atom. The number of rotatable bonds is 23. The van der Waals surface area contributed by atoms with Crippen molar-refractivity contribution in [1.29, 1.82) is 0 Å². The summed E-state index contributed by atoms with van der Waals surface area (Å²) in [5.74, 6) is 3.66. The number of halogens is 1. The van der Waals surface area contributed by atoms with Crippen LogP contribution in [0.2, 0.25) is 0 Å². The van der Waals surface area contributed by atoms with Gasteiger partial charge in [-0.1, -0.05) is 0 Å². The maximum atomic E-state index is 12.9. The topological polar surface area (TPSA) is 213 Å². The molecule has 4 saturated carbocycles. The highest BCUT2D eigenvalue weighted by atomic mass is 19.1. The molecule has 292 valence electrons. The Morgan fingerprint density at radius 3 is 1.63 bits per heavy atom. The largest absolute Gasteiger partial charge is 0.483 e. The average Bonchev–Trinajstić information content (AvgIpc) is 3.10. The van der Waals surface area contributed by atoms with E-state index in [2.05, 4.69) is 20.1 Å². The van der Waals surface area contributed by atoms with Gasteiger partial charge in [-0.15, -0.1) is 0 Å². The minimum absolute atomic E-state index is 0.0756. The minimum atomic E-state index is -0.325. The van der Waals surface area contributed by atoms with Crippen LogP contribution >= 0.6 is 0 Å². The monoisotopic (exact) mass is 731 g/mol. The number of ether oxygens (including phenoxy) is 6. The lowest BCUT2D eigenvalue weighted by Crippen LogP contribution is -2.55. The molecule has 0 unspecified atom stereocenters. The molecule has 4 aliphatic carbocycles. The van der Waals surface area contributed by atoms with Crippen molar-refractivity contribution < 1.29 is 52.6 Å². The van der Waals surface area contributed by atoms with Gasteiger partial charge in [0.2, 0.25) is 11.9 Å². The molecule has 0 atom stereocenters. The number of alkyl halides is 1. The highest BCUT2D eigenvalue weighted by Gasteiger charge is 2.51. The van der Waals surface area contributed by atoms with Crippen LogP contribution < -0.4 is 20.7 Å². The molecule has 17 nitrogen and oxygen atoms in total. The van der Waals surface area contributed by atoms with E-state index < -0.39 is 0 Å². The molecule has 1 aromatic rings. The first-order valence-electron chi connectivity index (χ1n) is 17.9. The van der Waals surface area contributed by atoms with Gasteiger partial charge in [0.1, 0.15) is 13.3 Å². The summed E-state index contributed by atoms with van der Waals surface area (Å²) in [5, 5.41) is 17.6. The quantitative estimate of drug-likeness (QED) is 0.0918. The molecular formula is C33H58FN7O10. The fourth-order valence-electron chi connectivity index (χ4n) is 7.66. The van der Waals surface area contributed by atoms with E-state index in [4.69, 9.17) is 63.9 Å². The van der Waals surface area contributed by atoms with E-state index in [-0.39, 0.29) is 25.2 Å². The molecule has 5 aliphatic rings. The number of hydrogen-bond acceptors (Lipinski definition) is 15. The zero-order valence-corrected chi connectivity index (χ0v) is 29.7. The van der Waals surface area contributed by atoms with E-state index in [9.17, 15) is 4.39 Å². The number of hydrogen-bond donors (Lipinski definition) is 4. The van der Waals surface area contributed by atoms with Crippen LogP contribution in [0.4, 0.5) is 16.3 Å². The summed E-state index contributed by atoms with van der Waals surface area (Å²) in [6, 6.07) is 0.308. The third-order valence-electron chi connectivity index (χ3n) is 9.28. The summed E-state index contributed by atoms with van der Waals surface area (Å²) >= 11 is 0. The Kier molecular flexibility index (Phi) is 20.8. The number of piperazine rings is 1. The van der Waals surface area contributed by atoms with Crippen molar-refractivity contribution in [3.63, 3.8) is 0 Å². The molecule has 0 spiro atoms. The van der Waals surface area contributed by atoms with Gasteiger partial charge in [-0.3, -0.25) is 14.5 Å². The summed E-state index contributed by atoms with van der Waals surface area (Å²) in [4.78, 5) is 35.3. The molecule has 0 aromatic carbocycles. The van der Waals surface area contributed by atoms with Crippen molar-refractivity contribution in [1.82, 2.24) is 19.9 Å². The molecule has 1 aliphatic heterocycles. The van der Waals surface area contributed by atoms with Crippen LogP contribution in [-0.4, -0.2) is 167 Å². The normalized spacial score (nSPS) is 23.5. The van der Waals surface area contributed by atoms with E-state index in [1.54, 1.807) is 0 Å². The predicted molar refractivity (Wildman–Crippen MR) is 185 cm³/mol. The summed E-state index contributed by atoms with van der Waals surface area (Å²) in [6.07, 6.45) is 7.72. The van der Waals surface area contributed by atoms with Gasteiger partial charge in [0.05, 0.1) is 66.1 Å². The lowest BCUT2D eigenvalue weighted by atomic mass is 9.53. The number of aromatic nitrogens is 3. The van der Waals surface area contributed by atoms with Gasteiger partial charge >= 0.3 is 6.01 Å². The first kappa shape index (κ1) is 42.4. The number of carbonyl (C=O) groups is 2. The van der Waals surface area contributed by atoms with Crippen LogP contribution in [0.15, 0.2) is 0 Å². The third kappa shape index (κ3) is 16.1. The van der Waals surface area contributed by atoms with E-state index in [0.717, 1.165) is 43.9 Å². The summed E-state index contributed by atoms with van der Waals surface area (Å²) in [5.41, 5.74) is 5.44. The van der Waals surface area contributed by atoms with E-state index >= 15 is 0 Å². The number of nitrogens with zero attached hydrogens (tertiary/aromatic N) is 5. The van der Waals surface area contributed by atoms with Crippen molar-refractivity contribution in [3.05, 3.63) is 0 Å². The first-order chi connectivity index (χ1) is 25.0. The first-order valence-corrected chi connectivity index (χ1v) is 17.9. The highest BCUT2D eigenvalue weighted by Crippen LogP contribution is 2.56. The molecule has 5 fully saturated rings. The van der Waals surface area contributed by atoms with Crippen LogP contribution in [-0.2, 0) is 33.3 Å². The second kappa shape index (κ2) is 25.1. The van der Waals surface area contributed by atoms with Gasteiger partial charge in [-0.2, -0.15) is 15.0 Å². The molecule has 0 amide bonds. The van der Waals surface area contributed by atoms with Gasteiger partial charge in [0.25, 0.3) is 12.9 Å². The molecule has 0 radical (unpaired) electrons. The van der Waals surface area contributed by atoms with Crippen molar-refractivity contribution in [2.24, 2.45) is 23.5 Å². The Balaban J connectivity index is 0.00000109. The Morgan fingerprint density at radius 1 is 0.725 bits per heavy atom. The van der Waals surface area contributed by atoms with Crippen LogP contribution in [0.1, 0.15) is 38.5 Å². The zero-order chi connectivity index (χ0) is 36.6. The lowest BCUT2D eigenvalue weighted by molar-refractivity contribution is -0.123. The van der Waals surface area contributed by atoms with E-state index in [0.29, 0.717) is 104 Å². The zero-order valence-electron chi connectivity index (χ0n) is 29.7. The van der Waals surface area contributed by atoms with Gasteiger partial charge in [-0.05, 0) is 56.3 Å².